The van der Waals surface area contributed by atoms with Gasteiger partial charge in [-0.3, -0.25) is 4.79 Å². The number of rotatable bonds is 7. The molecule has 8 nitrogen and oxygen atoms in total. The van der Waals surface area contributed by atoms with Crippen molar-refractivity contribution in [2.75, 3.05) is 25.8 Å². The standard InChI is InChI=1S/C26H25NO7S/c1-14-5-7-18(9-15(14)2)25(29)32-12-22(28)27-24-23(26(30)31-4)19(16(3)35-24)10-17-6-8-20-21(11-17)34-13-33-20/h5-9,11H,10,12-13H2,1-4H3,(H,27,28). The van der Waals surface area contributed by atoms with Gasteiger partial charge in [0.15, 0.2) is 18.1 Å². The van der Waals surface area contributed by atoms with Crippen LogP contribution in [0.5, 0.6) is 11.5 Å². The molecule has 1 N–H and O–H groups in total. The summed E-state index contributed by atoms with van der Waals surface area (Å²) in [6.07, 6.45) is 0.432. The van der Waals surface area contributed by atoms with Crippen LogP contribution in [0.15, 0.2) is 36.4 Å². The van der Waals surface area contributed by atoms with Gasteiger partial charge in [0.25, 0.3) is 5.91 Å². The van der Waals surface area contributed by atoms with E-state index in [4.69, 9.17) is 18.9 Å². The minimum absolute atomic E-state index is 0.175. The summed E-state index contributed by atoms with van der Waals surface area (Å²) in [7, 11) is 1.29. The van der Waals surface area contributed by atoms with Crippen LogP contribution in [0.3, 0.4) is 0 Å². The molecule has 0 spiro atoms. The predicted molar refractivity (Wildman–Crippen MR) is 131 cm³/mol. The van der Waals surface area contributed by atoms with Crippen molar-refractivity contribution in [2.45, 2.75) is 27.2 Å². The molecule has 0 bridgehead atoms. The number of fused-ring (bicyclic) bond motifs is 1. The zero-order chi connectivity index (χ0) is 25.1. The van der Waals surface area contributed by atoms with Gasteiger partial charge in [-0.2, -0.15) is 0 Å². The van der Waals surface area contributed by atoms with Crippen LogP contribution in [0.1, 0.15) is 47.8 Å². The topological polar surface area (TPSA) is 100 Å². The van der Waals surface area contributed by atoms with E-state index in [0.29, 0.717) is 28.5 Å². The van der Waals surface area contributed by atoms with Crippen LogP contribution in [0.25, 0.3) is 0 Å². The van der Waals surface area contributed by atoms with Gasteiger partial charge in [-0.05, 0) is 73.7 Å². The number of benzene rings is 2. The summed E-state index contributed by atoms with van der Waals surface area (Å²) in [5, 5.41) is 3.04. The van der Waals surface area contributed by atoms with Crippen molar-refractivity contribution >= 4 is 34.2 Å². The number of esters is 2. The van der Waals surface area contributed by atoms with Crippen LogP contribution in [0.4, 0.5) is 5.00 Å². The van der Waals surface area contributed by atoms with Crippen molar-refractivity contribution in [3.8, 4) is 11.5 Å². The Balaban J connectivity index is 1.49. The second kappa shape index (κ2) is 10.2. The van der Waals surface area contributed by atoms with E-state index in [0.717, 1.165) is 27.1 Å². The molecule has 3 aromatic rings. The first-order chi connectivity index (χ1) is 16.8. The average Bonchev–Trinajstić information content (AvgIpc) is 3.42. The van der Waals surface area contributed by atoms with Crippen molar-refractivity contribution in [1.82, 2.24) is 0 Å². The molecule has 0 fully saturated rings. The third-order valence-corrected chi connectivity index (χ3v) is 6.81. The van der Waals surface area contributed by atoms with E-state index in [1.54, 1.807) is 12.1 Å². The number of hydrogen-bond donors (Lipinski definition) is 1. The molecule has 0 saturated carbocycles. The molecule has 2 heterocycles. The second-order valence-electron chi connectivity index (χ2n) is 8.12. The number of carbonyl (C=O) groups excluding carboxylic acids is 3. The van der Waals surface area contributed by atoms with Crippen LogP contribution in [-0.2, 0) is 20.7 Å². The summed E-state index contributed by atoms with van der Waals surface area (Å²) in [6.45, 7) is 5.40. The molecular weight excluding hydrogens is 470 g/mol. The summed E-state index contributed by atoms with van der Waals surface area (Å²) in [6, 6.07) is 10.8. The molecule has 1 aliphatic rings. The molecular formula is C26H25NO7S. The van der Waals surface area contributed by atoms with Crippen LogP contribution in [0, 0.1) is 20.8 Å². The Kier molecular flexibility index (Phi) is 7.07. The monoisotopic (exact) mass is 495 g/mol. The minimum atomic E-state index is -0.595. The van der Waals surface area contributed by atoms with Crippen molar-refractivity contribution < 1.29 is 33.3 Å². The molecule has 9 heteroatoms. The molecule has 0 atom stereocenters. The van der Waals surface area contributed by atoms with Crippen molar-refractivity contribution in [1.29, 1.82) is 0 Å². The number of carbonyl (C=O) groups is 3. The molecule has 0 radical (unpaired) electrons. The SMILES string of the molecule is COC(=O)c1c(NC(=O)COC(=O)c2ccc(C)c(C)c2)sc(C)c1Cc1ccc2c(c1)OCO2. The maximum atomic E-state index is 12.6. The maximum Gasteiger partial charge on any atom is 0.341 e. The molecule has 0 aliphatic carbocycles. The molecule has 1 aliphatic heterocycles. The lowest BCUT2D eigenvalue weighted by atomic mass is 10.0. The van der Waals surface area contributed by atoms with Crippen LogP contribution in [0.2, 0.25) is 0 Å². The largest absolute Gasteiger partial charge is 0.465 e. The van der Waals surface area contributed by atoms with E-state index in [2.05, 4.69) is 5.32 Å². The molecule has 2 aromatic carbocycles. The van der Waals surface area contributed by atoms with Crippen molar-refractivity contribution in [3.05, 3.63) is 74.7 Å². The smallest absolute Gasteiger partial charge is 0.341 e. The lowest BCUT2D eigenvalue weighted by Crippen LogP contribution is -2.21. The number of hydrogen-bond acceptors (Lipinski definition) is 8. The summed E-state index contributed by atoms with van der Waals surface area (Å²) in [5.74, 6) is -0.389. The minimum Gasteiger partial charge on any atom is -0.465 e. The van der Waals surface area contributed by atoms with E-state index in [-0.39, 0.29) is 12.4 Å². The maximum absolute atomic E-state index is 12.6. The Morgan fingerprint density at radius 3 is 2.49 bits per heavy atom. The van der Waals surface area contributed by atoms with Gasteiger partial charge < -0.3 is 24.3 Å². The van der Waals surface area contributed by atoms with Crippen molar-refractivity contribution in [2.24, 2.45) is 0 Å². The van der Waals surface area contributed by atoms with E-state index in [1.165, 1.54) is 18.4 Å². The zero-order valence-corrected chi connectivity index (χ0v) is 20.7. The number of aryl methyl sites for hydroxylation is 3. The normalized spacial score (nSPS) is 11.8. The Labute approximate surface area is 206 Å². The first-order valence-corrected chi connectivity index (χ1v) is 11.7. The van der Waals surface area contributed by atoms with Crippen LogP contribution in [-0.4, -0.2) is 38.4 Å². The number of anilines is 1. The molecule has 1 aromatic heterocycles. The number of nitrogens with one attached hydrogen (secondary N) is 1. The van der Waals surface area contributed by atoms with Crippen LogP contribution >= 0.6 is 11.3 Å². The van der Waals surface area contributed by atoms with Gasteiger partial charge in [0, 0.05) is 4.88 Å². The summed E-state index contributed by atoms with van der Waals surface area (Å²) in [5.41, 5.74) is 4.31. The zero-order valence-electron chi connectivity index (χ0n) is 19.9. The molecule has 0 unspecified atom stereocenters. The number of amides is 1. The van der Waals surface area contributed by atoms with Crippen molar-refractivity contribution in [3.63, 3.8) is 0 Å². The molecule has 1 amide bonds. The Morgan fingerprint density at radius 1 is 0.971 bits per heavy atom. The highest BCUT2D eigenvalue weighted by atomic mass is 32.1. The summed E-state index contributed by atoms with van der Waals surface area (Å²) >= 11 is 1.26. The third kappa shape index (κ3) is 5.30. The fourth-order valence-electron chi connectivity index (χ4n) is 3.70. The van der Waals surface area contributed by atoms with Gasteiger partial charge in [-0.25, -0.2) is 9.59 Å². The third-order valence-electron chi connectivity index (χ3n) is 5.75. The fraction of sp³-hybridized carbons (Fsp3) is 0.269. The molecule has 35 heavy (non-hydrogen) atoms. The van der Waals surface area contributed by atoms with Gasteiger partial charge in [0.1, 0.15) is 5.00 Å². The Bertz CT molecular complexity index is 1310. The fourth-order valence-corrected chi connectivity index (χ4v) is 4.78. The van der Waals surface area contributed by atoms with Gasteiger partial charge in [-0.15, -0.1) is 11.3 Å². The highest BCUT2D eigenvalue weighted by Gasteiger charge is 2.25. The first-order valence-electron chi connectivity index (χ1n) is 10.9. The van der Waals surface area contributed by atoms with E-state index >= 15 is 0 Å². The highest BCUT2D eigenvalue weighted by molar-refractivity contribution is 7.16. The molecule has 0 saturated heterocycles. The number of ether oxygens (including phenoxy) is 4. The van der Waals surface area contributed by atoms with E-state index < -0.39 is 24.5 Å². The van der Waals surface area contributed by atoms with Gasteiger partial charge in [-0.1, -0.05) is 12.1 Å². The first kappa shape index (κ1) is 24.3. The van der Waals surface area contributed by atoms with E-state index in [9.17, 15) is 14.4 Å². The van der Waals surface area contributed by atoms with Gasteiger partial charge in [0.05, 0.1) is 18.2 Å². The highest BCUT2D eigenvalue weighted by Crippen LogP contribution is 2.37. The second-order valence-corrected chi connectivity index (χ2v) is 9.34. The number of thiophene rings is 1. The molecule has 4 rings (SSSR count). The summed E-state index contributed by atoms with van der Waals surface area (Å²) in [4.78, 5) is 38.4. The molecule has 182 valence electrons. The van der Waals surface area contributed by atoms with Gasteiger partial charge in [0.2, 0.25) is 6.79 Å². The Morgan fingerprint density at radius 2 is 1.74 bits per heavy atom. The van der Waals surface area contributed by atoms with Gasteiger partial charge >= 0.3 is 11.9 Å². The van der Waals surface area contributed by atoms with E-state index in [1.807, 2.05) is 45.0 Å². The average molecular weight is 496 g/mol. The van der Waals surface area contributed by atoms with Crippen LogP contribution < -0.4 is 14.8 Å². The lowest BCUT2D eigenvalue weighted by Gasteiger charge is -2.09. The predicted octanol–water partition coefficient (Wildman–Crippen LogP) is 4.57. The number of methoxy groups -OCH3 is 1. The quantitative estimate of drug-likeness (QED) is 0.479. The summed E-state index contributed by atoms with van der Waals surface area (Å²) < 4.78 is 21.0. The lowest BCUT2D eigenvalue weighted by molar-refractivity contribution is -0.119. The Hall–Kier alpha value is -3.85.